The smallest absolute Gasteiger partial charge is 0.136 e. The molecular weight excluding hydrogens is 112 g/mol. The fraction of sp³-hybridized carbons (Fsp3) is 0.714. The van der Waals surface area contributed by atoms with Gasteiger partial charge in [0.1, 0.15) is 9.52 Å². The molecule has 0 heterocycles. The largest absolute Gasteiger partial charge is 0.147 e. The minimum Gasteiger partial charge on any atom is -0.136 e. The Balaban J connectivity index is 2.95. The van der Waals surface area contributed by atoms with E-state index in [0.29, 0.717) is 0 Å². The fourth-order valence-electron chi connectivity index (χ4n) is 0.338. The Labute approximate surface area is 54.5 Å². The van der Waals surface area contributed by atoms with Crippen LogP contribution in [0.5, 0.6) is 0 Å². The molecule has 44 valence electrons. The lowest BCUT2D eigenvalue weighted by Crippen LogP contribution is -1.77. The molecule has 0 nitrogen and oxygen atoms in total. The molecule has 0 spiro atoms. The van der Waals surface area contributed by atoms with Crippen molar-refractivity contribution < 1.29 is 0 Å². The van der Waals surface area contributed by atoms with E-state index in [9.17, 15) is 0 Å². The van der Waals surface area contributed by atoms with Gasteiger partial charge in [0.2, 0.25) is 0 Å². The van der Waals surface area contributed by atoms with Crippen LogP contribution in [0, 0.1) is 11.5 Å². The molecule has 0 aromatic heterocycles. The first kappa shape index (κ1) is 7.78. The van der Waals surface area contributed by atoms with Crippen LogP contribution in [0.1, 0.15) is 26.7 Å². The van der Waals surface area contributed by atoms with Gasteiger partial charge in [0, 0.05) is 6.42 Å². The fourth-order valence-corrected chi connectivity index (χ4v) is 0.765. The molecule has 0 aliphatic carbocycles. The minimum absolute atomic E-state index is 0.864. The zero-order valence-corrected chi connectivity index (χ0v) is 6.62. The lowest BCUT2D eigenvalue weighted by atomic mass is 10.4. The topological polar surface area (TPSA) is 0 Å². The lowest BCUT2D eigenvalue weighted by molar-refractivity contribution is 0.984. The van der Waals surface area contributed by atoms with Gasteiger partial charge in [0.05, 0.1) is 0 Å². The van der Waals surface area contributed by atoms with Crippen molar-refractivity contribution in [2.75, 3.05) is 0 Å². The van der Waals surface area contributed by atoms with Crippen LogP contribution in [-0.2, 0) is 0 Å². The van der Waals surface area contributed by atoms with Gasteiger partial charge in [-0.3, -0.25) is 0 Å². The number of hydrogen-bond donors (Lipinski definition) is 0. The summed E-state index contributed by atoms with van der Waals surface area (Å²) in [5, 5.41) is 0. The summed E-state index contributed by atoms with van der Waals surface area (Å²) in [6.07, 6.45) is 2.27. The predicted octanol–water partition coefficient (Wildman–Crippen LogP) is 1.89. The van der Waals surface area contributed by atoms with Gasteiger partial charge in [-0.05, 0) is 6.42 Å². The SMILES string of the molecule is CCCC#C[Si]CC. The number of unbranched alkanes of at least 4 members (excludes halogenated alkanes) is 1. The Hall–Kier alpha value is -0.223. The van der Waals surface area contributed by atoms with Gasteiger partial charge in [0.15, 0.2) is 0 Å². The van der Waals surface area contributed by atoms with Crippen molar-refractivity contribution in [1.82, 2.24) is 0 Å². The van der Waals surface area contributed by atoms with Gasteiger partial charge >= 0.3 is 0 Å². The van der Waals surface area contributed by atoms with E-state index in [0.717, 1.165) is 15.9 Å². The molecule has 0 aromatic rings. The van der Waals surface area contributed by atoms with Crippen LogP contribution in [0.25, 0.3) is 0 Å². The molecule has 0 aliphatic heterocycles. The molecule has 0 aliphatic rings. The first-order valence-electron chi connectivity index (χ1n) is 3.12. The Bertz CT molecular complexity index is 76.3. The molecular formula is C7H12Si. The van der Waals surface area contributed by atoms with E-state index in [1.165, 1.54) is 12.5 Å². The molecule has 0 aromatic carbocycles. The van der Waals surface area contributed by atoms with Gasteiger partial charge in [-0.25, -0.2) is 0 Å². The van der Waals surface area contributed by atoms with Crippen LogP contribution >= 0.6 is 0 Å². The van der Waals surface area contributed by atoms with Gasteiger partial charge < -0.3 is 0 Å². The van der Waals surface area contributed by atoms with Crippen LogP contribution in [0.2, 0.25) is 6.04 Å². The third-order valence-electron chi connectivity index (χ3n) is 0.729. The van der Waals surface area contributed by atoms with Crippen LogP contribution in [0.3, 0.4) is 0 Å². The third-order valence-corrected chi connectivity index (χ3v) is 1.44. The molecule has 0 atom stereocenters. The van der Waals surface area contributed by atoms with Crippen LogP contribution < -0.4 is 0 Å². The molecule has 0 amide bonds. The highest BCUT2D eigenvalue weighted by Gasteiger charge is 1.72. The maximum atomic E-state index is 3.11. The van der Waals surface area contributed by atoms with Gasteiger partial charge in [-0.15, -0.1) is 11.5 Å². The van der Waals surface area contributed by atoms with E-state index in [4.69, 9.17) is 0 Å². The first-order valence-corrected chi connectivity index (χ1v) is 4.33. The Morgan fingerprint density at radius 1 is 1.38 bits per heavy atom. The zero-order valence-electron chi connectivity index (χ0n) is 5.62. The highest BCUT2D eigenvalue weighted by atomic mass is 28.2. The summed E-state index contributed by atoms with van der Waals surface area (Å²) in [4.78, 5) is 0. The van der Waals surface area contributed by atoms with Crippen molar-refractivity contribution >= 4 is 9.52 Å². The Morgan fingerprint density at radius 3 is 2.62 bits per heavy atom. The van der Waals surface area contributed by atoms with E-state index >= 15 is 0 Å². The first-order chi connectivity index (χ1) is 3.91. The van der Waals surface area contributed by atoms with E-state index in [-0.39, 0.29) is 0 Å². The molecule has 0 rings (SSSR count). The monoisotopic (exact) mass is 124 g/mol. The summed E-state index contributed by atoms with van der Waals surface area (Å²) in [6, 6.07) is 1.22. The summed E-state index contributed by atoms with van der Waals surface area (Å²) >= 11 is 0. The van der Waals surface area contributed by atoms with Gasteiger partial charge in [-0.2, -0.15) is 0 Å². The summed E-state index contributed by atoms with van der Waals surface area (Å²) in [6.45, 7) is 4.32. The van der Waals surface area contributed by atoms with Crippen molar-refractivity contribution in [3.05, 3.63) is 0 Å². The van der Waals surface area contributed by atoms with Crippen LogP contribution in [0.15, 0.2) is 0 Å². The third kappa shape index (κ3) is 5.78. The molecule has 2 radical (unpaired) electrons. The predicted molar refractivity (Wildman–Crippen MR) is 38.9 cm³/mol. The Kier molecular flexibility index (Phi) is 6.59. The summed E-state index contributed by atoms with van der Waals surface area (Å²) < 4.78 is 0. The highest BCUT2D eigenvalue weighted by Crippen LogP contribution is 1.80. The summed E-state index contributed by atoms with van der Waals surface area (Å²) in [5.74, 6) is 3.10. The zero-order chi connectivity index (χ0) is 6.24. The van der Waals surface area contributed by atoms with Crippen LogP contribution in [-0.4, -0.2) is 9.52 Å². The number of rotatable bonds is 2. The maximum absolute atomic E-state index is 3.11. The van der Waals surface area contributed by atoms with E-state index < -0.39 is 0 Å². The normalized spacial score (nSPS) is 7.75. The highest BCUT2D eigenvalue weighted by molar-refractivity contribution is 6.45. The quantitative estimate of drug-likeness (QED) is 0.389. The molecule has 0 saturated carbocycles. The van der Waals surface area contributed by atoms with Gasteiger partial charge in [-0.1, -0.05) is 19.9 Å². The second-order valence-electron chi connectivity index (χ2n) is 1.58. The number of hydrogen-bond acceptors (Lipinski definition) is 0. The van der Waals surface area contributed by atoms with Crippen molar-refractivity contribution in [1.29, 1.82) is 0 Å². The van der Waals surface area contributed by atoms with E-state index in [1.807, 2.05) is 0 Å². The average Bonchev–Trinajstić information content (AvgIpc) is 1.81. The van der Waals surface area contributed by atoms with Crippen molar-refractivity contribution in [3.63, 3.8) is 0 Å². The molecule has 0 bridgehead atoms. The molecule has 0 saturated heterocycles. The van der Waals surface area contributed by atoms with Gasteiger partial charge in [0.25, 0.3) is 0 Å². The summed E-state index contributed by atoms with van der Waals surface area (Å²) in [5.41, 5.74) is 3.11. The molecule has 0 unspecified atom stereocenters. The standard InChI is InChI=1S/C7H12Si/c1-3-5-6-7-8-4-2/h3-5H2,1-2H3. The molecule has 1 heteroatoms. The van der Waals surface area contributed by atoms with E-state index in [1.54, 1.807) is 0 Å². The second kappa shape index (κ2) is 6.78. The van der Waals surface area contributed by atoms with Crippen LogP contribution in [0.4, 0.5) is 0 Å². The molecule has 8 heavy (non-hydrogen) atoms. The average molecular weight is 124 g/mol. The van der Waals surface area contributed by atoms with Crippen molar-refractivity contribution in [2.45, 2.75) is 32.7 Å². The Morgan fingerprint density at radius 2 is 2.12 bits per heavy atom. The van der Waals surface area contributed by atoms with E-state index in [2.05, 4.69) is 25.3 Å². The van der Waals surface area contributed by atoms with Crippen molar-refractivity contribution in [2.24, 2.45) is 0 Å². The summed E-state index contributed by atoms with van der Waals surface area (Å²) in [7, 11) is 0.864. The molecule has 0 N–H and O–H groups in total. The second-order valence-corrected chi connectivity index (χ2v) is 2.89. The maximum Gasteiger partial charge on any atom is 0.147 e. The minimum atomic E-state index is 0.864. The lowest BCUT2D eigenvalue weighted by Gasteiger charge is -1.76. The van der Waals surface area contributed by atoms with Crippen molar-refractivity contribution in [3.8, 4) is 11.5 Å². The molecule has 0 fully saturated rings.